The van der Waals surface area contributed by atoms with Gasteiger partial charge in [0.2, 0.25) is 0 Å². The summed E-state index contributed by atoms with van der Waals surface area (Å²) in [6.07, 6.45) is 2.96. The third-order valence-corrected chi connectivity index (χ3v) is 7.26. The largest absolute Gasteiger partial charge is 0.331 e. The van der Waals surface area contributed by atoms with E-state index < -0.39 is 0 Å². The Morgan fingerprint density at radius 2 is 1.69 bits per heavy atom. The van der Waals surface area contributed by atoms with E-state index in [4.69, 9.17) is 36.0 Å². The summed E-state index contributed by atoms with van der Waals surface area (Å²) in [7, 11) is 0. The lowest BCUT2D eigenvalue weighted by atomic mass is 9.74. The van der Waals surface area contributed by atoms with Crippen LogP contribution in [0.3, 0.4) is 0 Å². The van der Waals surface area contributed by atoms with Crippen molar-refractivity contribution in [2.75, 3.05) is 15.1 Å². The molecule has 2 aliphatic rings. The Hall–Kier alpha value is -3.60. The maximum Gasteiger partial charge on any atom is 0.199 e. The molecule has 3 aromatic carbocycles. The zero-order valence-electron chi connectivity index (χ0n) is 19.7. The first-order chi connectivity index (χ1) is 16.9. The summed E-state index contributed by atoms with van der Waals surface area (Å²) in [6.45, 7) is 11.5. The number of nitrogens with zero attached hydrogens (tertiary/aromatic N) is 4. The smallest absolute Gasteiger partial charge is 0.199 e. The molecule has 174 valence electrons. The first kappa shape index (κ1) is 23.2. The molecule has 1 saturated heterocycles. The number of nitrogens with one attached hydrogen (secondary N) is 1. The number of rotatable bonds is 3. The number of thiocarbonyl (C=S) groups is 2. The van der Waals surface area contributed by atoms with Gasteiger partial charge in [-0.25, -0.2) is 9.84 Å². The second-order valence-electron chi connectivity index (χ2n) is 8.99. The van der Waals surface area contributed by atoms with Crippen molar-refractivity contribution in [2.45, 2.75) is 38.6 Å². The van der Waals surface area contributed by atoms with Crippen molar-refractivity contribution >= 4 is 63.2 Å². The van der Waals surface area contributed by atoms with Crippen molar-refractivity contribution in [2.24, 2.45) is 4.99 Å². The maximum absolute atomic E-state index is 7.43. The van der Waals surface area contributed by atoms with Gasteiger partial charge < -0.3 is 10.2 Å². The summed E-state index contributed by atoms with van der Waals surface area (Å²) in [5.41, 5.74) is 5.21. The van der Waals surface area contributed by atoms with Gasteiger partial charge in [0.15, 0.2) is 15.9 Å². The minimum absolute atomic E-state index is 0.360. The Bertz CT molecular complexity index is 1370. The normalized spacial score (nSPS) is 17.4. The summed E-state index contributed by atoms with van der Waals surface area (Å²) >= 11 is 11.8. The predicted molar refractivity (Wildman–Crippen MR) is 153 cm³/mol. The number of aliphatic imine (C=N–C) groups is 1. The van der Waals surface area contributed by atoms with Gasteiger partial charge in [-0.05, 0) is 99.5 Å². The molecular formula is C28H25N5S2. The lowest BCUT2D eigenvalue weighted by molar-refractivity contribution is 0.350. The predicted octanol–water partition coefficient (Wildman–Crippen LogP) is 7.18. The van der Waals surface area contributed by atoms with Gasteiger partial charge in [0.1, 0.15) is 11.4 Å². The third kappa shape index (κ3) is 4.09. The molecule has 3 aromatic rings. The van der Waals surface area contributed by atoms with E-state index in [9.17, 15) is 0 Å². The van der Waals surface area contributed by atoms with E-state index in [0.717, 1.165) is 47.7 Å². The average molecular weight is 496 g/mol. The van der Waals surface area contributed by atoms with Crippen molar-refractivity contribution in [3.8, 4) is 0 Å². The molecule has 1 aliphatic heterocycles. The molecule has 5 nitrogen and oxygen atoms in total. The fourth-order valence-corrected chi connectivity index (χ4v) is 5.43. The van der Waals surface area contributed by atoms with Gasteiger partial charge in [0, 0.05) is 17.1 Å². The van der Waals surface area contributed by atoms with Crippen molar-refractivity contribution in [3.05, 3.63) is 95.3 Å². The Kier molecular flexibility index (Phi) is 6.10. The molecule has 0 amide bonds. The van der Waals surface area contributed by atoms with Crippen LogP contribution in [0.25, 0.3) is 4.85 Å². The van der Waals surface area contributed by atoms with E-state index in [1.54, 1.807) is 0 Å². The second kappa shape index (κ2) is 9.21. The zero-order valence-corrected chi connectivity index (χ0v) is 21.3. The Labute approximate surface area is 216 Å². The van der Waals surface area contributed by atoms with Crippen molar-refractivity contribution in [1.82, 2.24) is 0 Å². The molecule has 1 N–H and O–H groups in total. The number of para-hydroxylation sites is 1. The van der Waals surface area contributed by atoms with Gasteiger partial charge in [-0.1, -0.05) is 42.0 Å². The van der Waals surface area contributed by atoms with Gasteiger partial charge in [0.25, 0.3) is 0 Å². The highest BCUT2D eigenvalue weighted by Gasteiger charge is 2.57. The summed E-state index contributed by atoms with van der Waals surface area (Å²) < 4.78 is 0. The molecule has 1 heterocycles. The van der Waals surface area contributed by atoms with Crippen molar-refractivity contribution < 1.29 is 0 Å². The van der Waals surface area contributed by atoms with Gasteiger partial charge in [-0.3, -0.25) is 4.90 Å². The number of amidine groups is 1. The molecular weight excluding hydrogens is 470 g/mol. The van der Waals surface area contributed by atoms with E-state index in [0.29, 0.717) is 15.9 Å². The van der Waals surface area contributed by atoms with Crippen LogP contribution >= 0.6 is 24.4 Å². The topological polar surface area (TPSA) is 35.2 Å². The summed E-state index contributed by atoms with van der Waals surface area (Å²) in [5.74, 6) is 0.831. The van der Waals surface area contributed by atoms with Gasteiger partial charge >= 0.3 is 0 Å². The molecule has 2 fully saturated rings. The molecule has 1 saturated carbocycles. The Balaban J connectivity index is 1.63. The number of hydrogen-bond acceptors (Lipinski definition) is 2. The standard InChI is InChI=1S/C28H25N5S2/c1-19-10-12-22(13-11-19)33-27(35)32(23-14-15-24(29-3)20(2)18-23)25(28(33)16-7-17-28)31-26(34)30-21-8-5-4-6-9-21/h4-6,8-15,18H,7,16-17H2,1-2H3,(H,30,34). The zero-order chi connectivity index (χ0) is 24.6. The number of hydrogen-bond donors (Lipinski definition) is 1. The van der Waals surface area contributed by atoms with Gasteiger partial charge in [0.05, 0.1) is 6.57 Å². The Morgan fingerprint density at radius 1 is 1.00 bits per heavy atom. The molecule has 0 unspecified atom stereocenters. The third-order valence-electron chi connectivity index (χ3n) is 6.70. The molecule has 7 heteroatoms. The molecule has 0 atom stereocenters. The van der Waals surface area contributed by atoms with E-state index in [2.05, 4.69) is 46.3 Å². The fourth-order valence-electron chi connectivity index (χ4n) is 4.75. The quantitative estimate of drug-likeness (QED) is 0.307. The highest BCUT2D eigenvalue weighted by molar-refractivity contribution is 7.81. The minimum atomic E-state index is -0.360. The van der Waals surface area contributed by atoms with Crippen molar-refractivity contribution in [3.63, 3.8) is 0 Å². The highest BCUT2D eigenvalue weighted by Crippen LogP contribution is 2.48. The van der Waals surface area contributed by atoms with Crippen LogP contribution < -0.4 is 15.1 Å². The van der Waals surface area contributed by atoms with Gasteiger partial charge in [-0.2, -0.15) is 0 Å². The monoisotopic (exact) mass is 495 g/mol. The number of benzene rings is 3. The van der Waals surface area contributed by atoms with E-state index in [-0.39, 0.29) is 5.54 Å². The highest BCUT2D eigenvalue weighted by atomic mass is 32.1. The SMILES string of the molecule is [C-]#[N+]c1ccc(N2C(=S)N(c3ccc(C)cc3)C3(CCC3)C2=NC(=S)Nc2ccccc2)cc1C. The van der Waals surface area contributed by atoms with Gasteiger partial charge in [-0.15, -0.1) is 0 Å². The first-order valence-corrected chi connectivity index (χ1v) is 12.4. The van der Waals surface area contributed by atoms with Crippen LogP contribution in [0.2, 0.25) is 0 Å². The maximum atomic E-state index is 7.43. The average Bonchev–Trinajstić information content (AvgIpc) is 3.08. The lowest BCUT2D eigenvalue weighted by Crippen LogP contribution is -2.55. The molecule has 0 bridgehead atoms. The van der Waals surface area contributed by atoms with Crippen LogP contribution in [0, 0.1) is 20.4 Å². The van der Waals surface area contributed by atoms with Crippen molar-refractivity contribution in [1.29, 1.82) is 0 Å². The van der Waals surface area contributed by atoms with Crippen LogP contribution in [-0.4, -0.2) is 21.6 Å². The van der Waals surface area contributed by atoms with Crippen LogP contribution in [0.5, 0.6) is 0 Å². The lowest BCUT2D eigenvalue weighted by Gasteiger charge is -2.44. The number of aryl methyl sites for hydroxylation is 2. The van der Waals surface area contributed by atoms with E-state index in [1.165, 1.54) is 5.56 Å². The van der Waals surface area contributed by atoms with Crippen LogP contribution in [0.15, 0.2) is 77.8 Å². The minimum Gasteiger partial charge on any atom is -0.331 e. The van der Waals surface area contributed by atoms with Crippen LogP contribution in [-0.2, 0) is 0 Å². The summed E-state index contributed by atoms with van der Waals surface area (Å²) in [6, 6.07) is 24.1. The molecule has 5 rings (SSSR count). The molecule has 1 spiro atoms. The second-order valence-corrected chi connectivity index (χ2v) is 9.74. The summed E-state index contributed by atoms with van der Waals surface area (Å²) in [5, 5.41) is 4.31. The van der Waals surface area contributed by atoms with Crippen LogP contribution in [0.1, 0.15) is 30.4 Å². The van der Waals surface area contributed by atoms with Crippen LogP contribution in [0.4, 0.5) is 22.7 Å². The molecule has 1 aliphatic carbocycles. The molecule has 0 radical (unpaired) electrons. The summed E-state index contributed by atoms with van der Waals surface area (Å²) in [4.78, 5) is 12.9. The van der Waals surface area contributed by atoms with E-state index in [1.807, 2.05) is 60.4 Å². The Morgan fingerprint density at radius 3 is 2.29 bits per heavy atom. The number of anilines is 3. The first-order valence-electron chi connectivity index (χ1n) is 11.6. The fraction of sp³-hybridized carbons (Fsp3) is 0.214. The molecule has 0 aromatic heterocycles. The molecule has 35 heavy (non-hydrogen) atoms. The van der Waals surface area contributed by atoms with E-state index >= 15 is 0 Å².